The first-order valence-electron chi connectivity index (χ1n) is 12.5. The van der Waals surface area contributed by atoms with E-state index in [4.69, 9.17) is 14.2 Å². The Labute approximate surface area is 222 Å². The third kappa shape index (κ3) is 5.61. The van der Waals surface area contributed by atoms with Gasteiger partial charge < -0.3 is 24.4 Å². The summed E-state index contributed by atoms with van der Waals surface area (Å²) in [4.78, 5) is 55.8. The fraction of sp³-hybridized carbons (Fsp3) is 0.731. The van der Waals surface area contributed by atoms with Crippen LogP contribution in [0.1, 0.15) is 89.3 Å². The molecule has 3 saturated carbocycles. The summed E-state index contributed by atoms with van der Waals surface area (Å²) in [7, 11) is 3.04. The minimum atomic E-state index is -0.738. The minimum Gasteiger partial charge on any atom is -0.469 e. The number of ether oxygens (including phenoxy) is 3. The molecule has 0 aromatic carbocycles. The Bertz CT molecular complexity index is 1050. The number of aromatic nitrogens is 1. The first-order chi connectivity index (χ1) is 17.0. The zero-order chi connectivity index (χ0) is 27.9. The number of hydrogen-bond donors (Lipinski definition) is 1. The van der Waals surface area contributed by atoms with Crippen LogP contribution in [0.3, 0.4) is 0 Å². The van der Waals surface area contributed by atoms with E-state index in [-0.39, 0.29) is 35.4 Å². The molecule has 3 atom stereocenters. The Morgan fingerprint density at radius 1 is 1.24 bits per heavy atom. The maximum Gasteiger partial charge on any atom is 0.410 e. The van der Waals surface area contributed by atoms with Crippen LogP contribution in [0.5, 0.6) is 0 Å². The molecule has 1 heterocycles. The Hall–Kier alpha value is -2.69. The summed E-state index contributed by atoms with van der Waals surface area (Å²) < 4.78 is 16.0. The van der Waals surface area contributed by atoms with Crippen molar-refractivity contribution in [3.05, 3.63) is 16.1 Å². The van der Waals surface area contributed by atoms with Crippen LogP contribution in [0, 0.1) is 17.3 Å². The third-order valence-electron chi connectivity index (χ3n) is 7.62. The van der Waals surface area contributed by atoms with Crippen molar-refractivity contribution in [2.75, 3.05) is 14.2 Å². The second kappa shape index (κ2) is 10.2. The van der Waals surface area contributed by atoms with Crippen LogP contribution < -0.4 is 5.32 Å². The van der Waals surface area contributed by atoms with E-state index in [1.165, 1.54) is 30.3 Å². The molecule has 2 amide bonds. The van der Waals surface area contributed by atoms with Gasteiger partial charge >= 0.3 is 18.0 Å². The summed E-state index contributed by atoms with van der Waals surface area (Å²) in [5.41, 5.74) is -1.35. The quantitative estimate of drug-likeness (QED) is 0.369. The van der Waals surface area contributed by atoms with E-state index < -0.39 is 34.7 Å². The van der Waals surface area contributed by atoms with Crippen molar-refractivity contribution in [2.24, 2.45) is 17.3 Å². The average Bonchev–Trinajstić information content (AvgIpc) is 3.26. The largest absolute Gasteiger partial charge is 0.469 e. The predicted molar refractivity (Wildman–Crippen MR) is 137 cm³/mol. The summed E-state index contributed by atoms with van der Waals surface area (Å²) in [6, 6.07) is -0.309. The van der Waals surface area contributed by atoms with Crippen LogP contribution in [0.4, 0.5) is 4.79 Å². The van der Waals surface area contributed by atoms with E-state index in [1.807, 2.05) is 20.8 Å². The molecular formula is C26H39N3O7S. The molecule has 11 heteroatoms. The van der Waals surface area contributed by atoms with Crippen molar-refractivity contribution in [3.8, 4) is 0 Å². The molecule has 1 aromatic heterocycles. The van der Waals surface area contributed by atoms with E-state index >= 15 is 0 Å². The molecule has 0 spiro atoms. The molecule has 4 rings (SSSR count). The van der Waals surface area contributed by atoms with Crippen molar-refractivity contribution in [2.45, 2.75) is 91.0 Å². The molecule has 0 radical (unpaired) electrons. The SMILES string of the molecule is COC(=O)C12CC(NC(=O)c3csc([C@@H](C[C@H](C(C)C)N(C)C(=O)OC(C)(C)C)OC(C)=O)n3)(C1)[C@H]2C. The van der Waals surface area contributed by atoms with Gasteiger partial charge in [-0.2, -0.15) is 0 Å². The van der Waals surface area contributed by atoms with Crippen molar-refractivity contribution in [1.29, 1.82) is 0 Å². The van der Waals surface area contributed by atoms with Gasteiger partial charge in [0.2, 0.25) is 0 Å². The lowest BCUT2D eigenvalue weighted by molar-refractivity contribution is -0.232. The summed E-state index contributed by atoms with van der Waals surface area (Å²) in [6.07, 6.45) is 0.200. The highest BCUT2D eigenvalue weighted by Gasteiger charge is 2.78. The van der Waals surface area contributed by atoms with Gasteiger partial charge in [0.1, 0.15) is 16.3 Å². The van der Waals surface area contributed by atoms with Gasteiger partial charge in [0.05, 0.1) is 12.5 Å². The van der Waals surface area contributed by atoms with Crippen molar-refractivity contribution in [3.63, 3.8) is 0 Å². The molecule has 206 valence electrons. The van der Waals surface area contributed by atoms with Crippen LogP contribution in [-0.4, -0.2) is 65.2 Å². The number of carbonyl (C=O) groups excluding carboxylic acids is 4. The zero-order valence-electron chi connectivity index (χ0n) is 23.2. The standard InChI is InChI=1S/C26H39N3O7S/c1-14(2)18(29(8)23(33)36-24(5,6)7)10-19(35-16(4)30)21-27-17(11-37-21)20(31)28-26-12-25(13-26,15(26)3)22(32)34-9/h11,14-15,18-19H,10,12-13H2,1-9H3,(H,28,31)/t15-,18+,19+,25?,26?/m0/s1. The molecule has 37 heavy (non-hydrogen) atoms. The fourth-order valence-electron chi connectivity index (χ4n) is 5.47. The van der Waals surface area contributed by atoms with Gasteiger partial charge in [-0.25, -0.2) is 9.78 Å². The van der Waals surface area contributed by atoms with E-state index in [1.54, 1.807) is 33.2 Å². The van der Waals surface area contributed by atoms with Gasteiger partial charge in [-0.05, 0) is 45.4 Å². The Morgan fingerprint density at radius 3 is 2.35 bits per heavy atom. The van der Waals surface area contributed by atoms with E-state index in [2.05, 4.69) is 10.3 Å². The molecule has 0 unspecified atom stereocenters. The first-order valence-corrected chi connectivity index (χ1v) is 13.4. The second-order valence-corrected chi connectivity index (χ2v) is 12.5. The second-order valence-electron chi connectivity index (χ2n) is 11.6. The monoisotopic (exact) mass is 537 g/mol. The predicted octanol–water partition coefficient (Wildman–Crippen LogP) is 4.10. The highest BCUT2D eigenvalue weighted by molar-refractivity contribution is 7.09. The summed E-state index contributed by atoms with van der Waals surface area (Å²) in [5, 5.41) is 5.16. The number of nitrogens with zero attached hydrogens (tertiary/aromatic N) is 2. The molecule has 3 fully saturated rings. The fourth-order valence-corrected chi connectivity index (χ4v) is 6.31. The molecule has 0 aliphatic heterocycles. The Morgan fingerprint density at radius 2 is 1.86 bits per heavy atom. The van der Waals surface area contributed by atoms with Gasteiger partial charge in [0, 0.05) is 37.4 Å². The van der Waals surface area contributed by atoms with Gasteiger partial charge in [-0.1, -0.05) is 20.8 Å². The molecule has 1 N–H and O–H groups in total. The normalized spacial score (nSPS) is 25.7. The third-order valence-corrected chi connectivity index (χ3v) is 8.55. The molecule has 1 aromatic rings. The number of hydrogen-bond acceptors (Lipinski definition) is 9. The summed E-state index contributed by atoms with van der Waals surface area (Å²) in [5.74, 6) is -1.03. The van der Waals surface area contributed by atoms with E-state index in [0.29, 0.717) is 24.3 Å². The van der Waals surface area contributed by atoms with Crippen LogP contribution in [0.25, 0.3) is 0 Å². The molecule has 2 bridgehead atoms. The lowest BCUT2D eigenvalue weighted by Gasteiger charge is -2.73. The molecular weight excluding hydrogens is 498 g/mol. The van der Waals surface area contributed by atoms with Crippen LogP contribution in [0.2, 0.25) is 0 Å². The number of carbonyl (C=O) groups is 4. The van der Waals surface area contributed by atoms with Crippen LogP contribution in [0.15, 0.2) is 5.38 Å². The highest BCUT2D eigenvalue weighted by Crippen LogP contribution is 2.71. The van der Waals surface area contributed by atoms with Crippen molar-refractivity contribution >= 4 is 35.3 Å². The molecule has 3 aliphatic carbocycles. The minimum absolute atomic E-state index is 0.0153. The molecule has 0 saturated heterocycles. The molecule has 10 nitrogen and oxygen atoms in total. The number of rotatable bonds is 9. The highest BCUT2D eigenvalue weighted by atomic mass is 32.1. The summed E-state index contributed by atoms with van der Waals surface area (Å²) >= 11 is 1.23. The van der Waals surface area contributed by atoms with Gasteiger partial charge in [-0.15, -0.1) is 11.3 Å². The van der Waals surface area contributed by atoms with E-state index in [0.717, 1.165) is 0 Å². The summed E-state index contributed by atoms with van der Waals surface area (Å²) in [6.45, 7) is 12.6. The maximum atomic E-state index is 13.0. The van der Waals surface area contributed by atoms with Gasteiger partial charge in [-0.3, -0.25) is 14.4 Å². The number of amides is 2. The number of methoxy groups -OCH3 is 1. The van der Waals surface area contributed by atoms with Crippen molar-refractivity contribution < 1.29 is 33.4 Å². The zero-order valence-corrected chi connectivity index (χ0v) is 24.0. The number of esters is 2. The van der Waals surface area contributed by atoms with E-state index in [9.17, 15) is 19.2 Å². The van der Waals surface area contributed by atoms with Crippen LogP contribution in [-0.2, 0) is 23.8 Å². The first kappa shape index (κ1) is 28.9. The topological polar surface area (TPSA) is 124 Å². The van der Waals surface area contributed by atoms with Crippen LogP contribution >= 0.6 is 11.3 Å². The Kier molecular flexibility index (Phi) is 7.98. The van der Waals surface area contributed by atoms with Gasteiger partial charge in [0.15, 0.2) is 6.10 Å². The Balaban J connectivity index is 1.72. The number of nitrogens with one attached hydrogen (secondary N) is 1. The molecule has 3 aliphatic rings. The smallest absolute Gasteiger partial charge is 0.410 e. The average molecular weight is 538 g/mol. The van der Waals surface area contributed by atoms with Gasteiger partial charge in [0.25, 0.3) is 5.91 Å². The lowest BCUT2D eigenvalue weighted by atomic mass is 9.33. The maximum absolute atomic E-state index is 13.0. The number of thiazole rings is 1. The van der Waals surface area contributed by atoms with Crippen molar-refractivity contribution in [1.82, 2.24) is 15.2 Å². The lowest BCUT2D eigenvalue weighted by Crippen LogP contribution is -2.83.